The van der Waals surface area contributed by atoms with Crippen molar-refractivity contribution in [2.24, 2.45) is 0 Å². The second-order valence-corrected chi connectivity index (χ2v) is 15.7. The first-order valence-electron chi connectivity index (χ1n) is 20.7. The molecule has 280 valence electrons. The molecule has 0 aliphatic heterocycles. The lowest BCUT2D eigenvalue weighted by Crippen LogP contribution is -1.95. The zero-order valence-corrected chi connectivity index (χ0v) is 32.8. The van der Waals surface area contributed by atoms with Gasteiger partial charge in [-0.15, -0.1) is 0 Å². The van der Waals surface area contributed by atoms with Crippen LogP contribution in [0.15, 0.2) is 231 Å². The first-order valence-corrected chi connectivity index (χ1v) is 20.7. The molecule has 0 unspecified atom stereocenters. The van der Waals surface area contributed by atoms with Crippen molar-refractivity contribution in [2.75, 3.05) is 0 Å². The summed E-state index contributed by atoms with van der Waals surface area (Å²) in [5.41, 5.74) is 16.8. The van der Waals surface area contributed by atoms with E-state index in [1.54, 1.807) is 0 Å². The SMILES string of the molecule is c1ccc(-c2ccc(-n3c4ccccc4c4ccc(-c5cccc6cccc(-c7ccc8c9ccccc9n(-c9ccc(-c%10ccccc%10)cc9)c8c7)c56)cc43)cc2)cc1. The number of rotatable bonds is 6. The van der Waals surface area contributed by atoms with Crippen LogP contribution in [0.2, 0.25) is 0 Å². The maximum atomic E-state index is 2.42. The summed E-state index contributed by atoms with van der Waals surface area (Å²) in [6.45, 7) is 0. The summed E-state index contributed by atoms with van der Waals surface area (Å²) in [7, 11) is 0. The molecule has 12 rings (SSSR count). The molecule has 0 amide bonds. The van der Waals surface area contributed by atoms with Crippen LogP contribution >= 0.6 is 0 Å². The predicted molar refractivity (Wildman–Crippen MR) is 254 cm³/mol. The van der Waals surface area contributed by atoms with Gasteiger partial charge >= 0.3 is 0 Å². The van der Waals surface area contributed by atoms with E-state index in [1.807, 2.05) is 0 Å². The van der Waals surface area contributed by atoms with Crippen LogP contribution in [0.25, 0.3) is 110 Å². The number of hydrogen-bond acceptors (Lipinski definition) is 0. The molecule has 0 spiro atoms. The van der Waals surface area contributed by atoms with Crippen molar-refractivity contribution in [3.63, 3.8) is 0 Å². The van der Waals surface area contributed by atoms with E-state index in [-0.39, 0.29) is 0 Å². The van der Waals surface area contributed by atoms with Gasteiger partial charge < -0.3 is 9.13 Å². The summed E-state index contributed by atoms with van der Waals surface area (Å²) in [6.07, 6.45) is 0. The highest BCUT2D eigenvalue weighted by Crippen LogP contribution is 2.42. The topological polar surface area (TPSA) is 9.86 Å². The van der Waals surface area contributed by atoms with Gasteiger partial charge in [0.15, 0.2) is 0 Å². The first kappa shape index (κ1) is 34.1. The Labute approximate surface area is 348 Å². The highest BCUT2D eigenvalue weighted by molar-refractivity contribution is 6.14. The van der Waals surface area contributed by atoms with Gasteiger partial charge in [0, 0.05) is 32.9 Å². The van der Waals surface area contributed by atoms with Crippen molar-refractivity contribution in [1.82, 2.24) is 9.13 Å². The lowest BCUT2D eigenvalue weighted by molar-refractivity contribution is 1.18. The Morgan fingerprint density at radius 2 is 0.600 bits per heavy atom. The van der Waals surface area contributed by atoms with Crippen LogP contribution in [0.3, 0.4) is 0 Å². The monoisotopic (exact) mass is 762 g/mol. The van der Waals surface area contributed by atoms with Gasteiger partial charge in [-0.25, -0.2) is 0 Å². The third-order valence-corrected chi connectivity index (χ3v) is 12.3. The molecule has 0 fully saturated rings. The van der Waals surface area contributed by atoms with Crippen LogP contribution in [0.4, 0.5) is 0 Å². The second-order valence-electron chi connectivity index (χ2n) is 15.7. The van der Waals surface area contributed by atoms with E-state index in [0.717, 1.165) is 11.4 Å². The quantitative estimate of drug-likeness (QED) is 0.160. The normalized spacial score (nSPS) is 11.7. The fourth-order valence-electron chi connectivity index (χ4n) is 9.52. The molecule has 0 aliphatic rings. The minimum Gasteiger partial charge on any atom is -0.309 e. The van der Waals surface area contributed by atoms with Crippen molar-refractivity contribution >= 4 is 54.4 Å². The number of hydrogen-bond donors (Lipinski definition) is 0. The summed E-state index contributed by atoms with van der Waals surface area (Å²) in [5.74, 6) is 0. The molecule has 0 radical (unpaired) electrons. The van der Waals surface area contributed by atoms with Gasteiger partial charge in [-0.05, 0) is 104 Å². The molecule has 0 bridgehead atoms. The number of para-hydroxylation sites is 2. The second kappa shape index (κ2) is 13.9. The number of fused-ring (bicyclic) bond motifs is 7. The molecule has 2 heteroatoms. The Balaban J connectivity index is 1.02. The van der Waals surface area contributed by atoms with Crippen LogP contribution in [0.1, 0.15) is 0 Å². The van der Waals surface area contributed by atoms with Gasteiger partial charge in [0.25, 0.3) is 0 Å². The fraction of sp³-hybridized carbons (Fsp3) is 0. The molecule has 10 aromatic carbocycles. The molecule has 0 atom stereocenters. The Hall–Kier alpha value is -7.94. The lowest BCUT2D eigenvalue weighted by atomic mass is 9.91. The Morgan fingerprint density at radius 3 is 1.05 bits per heavy atom. The van der Waals surface area contributed by atoms with Crippen molar-refractivity contribution in [3.8, 4) is 55.9 Å². The Kier molecular flexibility index (Phi) is 7.89. The molecule has 0 saturated carbocycles. The molecular formula is C58H38N2. The molecule has 2 aromatic heterocycles. The molecule has 12 aromatic rings. The Morgan fingerprint density at radius 1 is 0.233 bits per heavy atom. The van der Waals surface area contributed by atoms with Gasteiger partial charge in [0.05, 0.1) is 22.1 Å². The summed E-state index contributed by atoms with van der Waals surface area (Å²) in [5, 5.41) is 7.48. The van der Waals surface area contributed by atoms with E-state index in [9.17, 15) is 0 Å². The van der Waals surface area contributed by atoms with E-state index >= 15 is 0 Å². The smallest absolute Gasteiger partial charge is 0.0547 e. The molecule has 0 saturated heterocycles. The summed E-state index contributed by atoms with van der Waals surface area (Å²) in [4.78, 5) is 0. The average molecular weight is 763 g/mol. The zero-order valence-electron chi connectivity index (χ0n) is 32.8. The predicted octanol–water partition coefficient (Wildman–Crippen LogP) is 15.7. The van der Waals surface area contributed by atoms with E-state index in [0.29, 0.717) is 0 Å². The van der Waals surface area contributed by atoms with Crippen molar-refractivity contribution in [3.05, 3.63) is 231 Å². The molecule has 60 heavy (non-hydrogen) atoms. The van der Waals surface area contributed by atoms with E-state index < -0.39 is 0 Å². The van der Waals surface area contributed by atoms with Gasteiger partial charge in [0.2, 0.25) is 0 Å². The molecule has 0 N–H and O–H groups in total. The zero-order chi connectivity index (χ0) is 39.6. The Bertz CT molecular complexity index is 3320. The van der Waals surface area contributed by atoms with Crippen LogP contribution in [0.5, 0.6) is 0 Å². The highest BCUT2D eigenvalue weighted by atomic mass is 15.0. The average Bonchev–Trinajstić information content (AvgIpc) is 3.84. The summed E-state index contributed by atoms with van der Waals surface area (Å²) < 4.78 is 4.85. The largest absolute Gasteiger partial charge is 0.309 e. The van der Waals surface area contributed by atoms with Crippen molar-refractivity contribution < 1.29 is 0 Å². The van der Waals surface area contributed by atoms with Crippen LogP contribution in [0, 0.1) is 0 Å². The molecule has 2 heterocycles. The summed E-state index contributed by atoms with van der Waals surface area (Å²) in [6, 6.07) is 84.2. The van der Waals surface area contributed by atoms with Crippen LogP contribution in [-0.4, -0.2) is 9.13 Å². The maximum Gasteiger partial charge on any atom is 0.0547 e. The van der Waals surface area contributed by atoms with E-state index in [2.05, 4.69) is 240 Å². The third kappa shape index (κ3) is 5.50. The molecule has 2 nitrogen and oxygen atoms in total. The molecular weight excluding hydrogens is 725 g/mol. The van der Waals surface area contributed by atoms with Crippen LogP contribution < -0.4 is 0 Å². The molecule has 0 aliphatic carbocycles. The van der Waals surface area contributed by atoms with Crippen molar-refractivity contribution in [1.29, 1.82) is 0 Å². The minimum atomic E-state index is 1.15. The van der Waals surface area contributed by atoms with E-state index in [4.69, 9.17) is 0 Å². The lowest BCUT2D eigenvalue weighted by Gasteiger charge is -2.15. The minimum absolute atomic E-state index is 1.15. The summed E-state index contributed by atoms with van der Waals surface area (Å²) >= 11 is 0. The third-order valence-electron chi connectivity index (χ3n) is 12.3. The number of aromatic nitrogens is 2. The van der Waals surface area contributed by atoms with Crippen LogP contribution in [-0.2, 0) is 0 Å². The standard InChI is InChI=1S/C58H38N2/c1-3-13-39(14-4-1)41-25-31-46(32-26-41)59-54-23-9-7-19-50(54)52-35-29-44(37-56(52)59)48-21-11-17-43-18-12-22-49(58(43)48)45-30-36-53-51-20-8-10-24-55(51)60(57(53)38-45)47-33-27-42(28-34-47)40-15-5-2-6-16-40/h1-38H. The first-order chi connectivity index (χ1) is 29.8. The maximum absolute atomic E-state index is 2.42. The van der Waals surface area contributed by atoms with Crippen molar-refractivity contribution in [2.45, 2.75) is 0 Å². The highest BCUT2D eigenvalue weighted by Gasteiger charge is 2.18. The van der Waals surface area contributed by atoms with E-state index in [1.165, 1.54) is 98.9 Å². The number of benzene rings is 10. The fourth-order valence-corrected chi connectivity index (χ4v) is 9.52. The van der Waals surface area contributed by atoms with Gasteiger partial charge in [-0.3, -0.25) is 0 Å². The van der Waals surface area contributed by atoms with Gasteiger partial charge in [-0.1, -0.05) is 182 Å². The van der Waals surface area contributed by atoms with Gasteiger partial charge in [0.1, 0.15) is 0 Å². The van der Waals surface area contributed by atoms with Gasteiger partial charge in [-0.2, -0.15) is 0 Å². The number of nitrogens with zero attached hydrogens (tertiary/aromatic N) is 2.